The summed E-state index contributed by atoms with van der Waals surface area (Å²) in [5.74, 6) is 0.262. The number of carbonyl (C=O) groups excluding carboxylic acids is 1. The van der Waals surface area contributed by atoms with Crippen molar-refractivity contribution in [3.63, 3.8) is 0 Å². The van der Waals surface area contributed by atoms with Gasteiger partial charge in [0.15, 0.2) is 0 Å². The van der Waals surface area contributed by atoms with Gasteiger partial charge in [-0.3, -0.25) is 4.79 Å². The molecular formula is C16H23NO2. The van der Waals surface area contributed by atoms with Crippen molar-refractivity contribution in [2.75, 3.05) is 19.7 Å². The Labute approximate surface area is 115 Å². The molecule has 19 heavy (non-hydrogen) atoms. The number of rotatable bonds is 6. The van der Waals surface area contributed by atoms with Gasteiger partial charge in [0.2, 0.25) is 0 Å². The lowest BCUT2D eigenvalue weighted by atomic mass is 10.1. The van der Waals surface area contributed by atoms with Crippen molar-refractivity contribution < 1.29 is 9.53 Å². The summed E-state index contributed by atoms with van der Waals surface area (Å²) in [6.07, 6.45) is 3.51. The van der Waals surface area contributed by atoms with Gasteiger partial charge in [-0.05, 0) is 38.4 Å². The zero-order chi connectivity index (χ0) is 13.5. The molecule has 0 unspecified atom stereocenters. The molecule has 0 bridgehead atoms. The molecule has 3 nitrogen and oxygen atoms in total. The molecule has 1 aliphatic rings. The van der Waals surface area contributed by atoms with Crippen molar-refractivity contribution in [1.29, 1.82) is 0 Å². The average Bonchev–Trinajstić information content (AvgIpc) is 2.43. The highest BCUT2D eigenvalue weighted by Crippen LogP contribution is 2.09. The van der Waals surface area contributed by atoms with Crippen LogP contribution in [0.1, 0.15) is 30.4 Å². The molecule has 1 N–H and O–H groups in total. The van der Waals surface area contributed by atoms with Gasteiger partial charge in [-0.2, -0.15) is 0 Å². The molecule has 1 fully saturated rings. The number of piperidine rings is 1. The number of hydrogen-bond donors (Lipinski definition) is 1. The number of ketones is 1. The first-order valence-electron chi connectivity index (χ1n) is 7.13. The highest BCUT2D eigenvalue weighted by atomic mass is 16.5. The Hall–Kier alpha value is -1.19. The van der Waals surface area contributed by atoms with Crippen LogP contribution in [-0.4, -0.2) is 31.6 Å². The monoisotopic (exact) mass is 261 g/mol. The molecule has 2 rings (SSSR count). The maximum Gasteiger partial charge on any atom is 0.139 e. The molecule has 0 saturated carbocycles. The van der Waals surface area contributed by atoms with Gasteiger partial charge < -0.3 is 10.1 Å². The molecular weight excluding hydrogens is 238 g/mol. The van der Waals surface area contributed by atoms with Crippen LogP contribution in [0.15, 0.2) is 24.3 Å². The molecule has 1 saturated heterocycles. The van der Waals surface area contributed by atoms with Crippen molar-refractivity contribution in [2.24, 2.45) is 0 Å². The smallest absolute Gasteiger partial charge is 0.139 e. The number of benzene rings is 1. The lowest BCUT2D eigenvalue weighted by molar-refractivity contribution is -0.120. The average molecular weight is 261 g/mol. The maximum atomic E-state index is 11.8. The fourth-order valence-corrected chi connectivity index (χ4v) is 2.32. The van der Waals surface area contributed by atoms with E-state index < -0.39 is 0 Å². The maximum absolute atomic E-state index is 11.8. The first-order chi connectivity index (χ1) is 9.24. The Bertz CT molecular complexity index is 394. The first-order valence-corrected chi connectivity index (χ1v) is 7.13. The van der Waals surface area contributed by atoms with E-state index in [4.69, 9.17) is 4.74 Å². The summed E-state index contributed by atoms with van der Waals surface area (Å²) in [4.78, 5) is 11.8. The lowest BCUT2D eigenvalue weighted by Gasteiger charge is -2.22. The third kappa shape index (κ3) is 5.13. The highest BCUT2D eigenvalue weighted by Gasteiger charge is 2.13. The van der Waals surface area contributed by atoms with Gasteiger partial charge in [-0.1, -0.05) is 29.8 Å². The van der Waals surface area contributed by atoms with Gasteiger partial charge in [0.05, 0.1) is 12.7 Å². The van der Waals surface area contributed by atoms with E-state index in [1.165, 1.54) is 5.56 Å². The van der Waals surface area contributed by atoms with Crippen LogP contribution in [0, 0.1) is 6.92 Å². The van der Waals surface area contributed by atoms with Crippen LogP contribution >= 0.6 is 0 Å². The summed E-state index contributed by atoms with van der Waals surface area (Å²) in [5, 5.41) is 3.30. The van der Waals surface area contributed by atoms with Crippen molar-refractivity contribution in [2.45, 2.75) is 38.7 Å². The van der Waals surface area contributed by atoms with Gasteiger partial charge in [-0.15, -0.1) is 0 Å². The first kappa shape index (κ1) is 14.2. The van der Waals surface area contributed by atoms with Crippen LogP contribution in [0.3, 0.4) is 0 Å². The van der Waals surface area contributed by atoms with E-state index in [-0.39, 0.29) is 5.78 Å². The summed E-state index contributed by atoms with van der Waals surface area (Å²) in [6.45, 7) is 4.68. The number of Topliss-reactive ketones (excluding diaryl/α,β-unsaturated/α-hetero) is 1. The zero-order valence-electron chi connectivity index (χ0n) is 11.7. The van der Waals surface area contributed by atoms with E-state index in [0.717, 1.165) is 31.5 Å². The van der Waals surface area contributed by atoms with Gasteiger partial charge in [0, 0.05) is 12.8 Å². The molecule has 3 heteroatoms. The summed E-state index contributed by atoms with van der Waals surface area (Å²) < 4.78 is 5.75. The van der Waals surface area contributed by atoms with Crippen molar-refractivity contribution >= 4 is 5.78 Å². The van der Waals surface area contributed by atoms with E-state index in [2.05, 4.69) is 12.2 Å². The topological polar surface area (TPSA) is 38.3 Å². The van der Waals surface area contributed by atoms with E-state index >= 15 is 0 Å². The van der Waals surface area contributed by atoms with E-state index in [1.54, 1.807) is 0 Å². The second-order valence-corrected chi connectivity index (χ2v) is 5.27. The molecule has 0 atom stereocenters. The predicted octanol–water partition coefficient (Wildman–Crippen LogP) is 2.27. The molecule has 0 spiro atoms. The predicted molar refractivity (Wildman–Crippen MR) is 76.4 cm³/mol. The van der Waals surface area contributed by atoms with Crippen LogP contribution in [-0.2, 0) is 16.0 Å². The van der Waals surface area contributed by atoms with Gasteiger partial charge >= 0.3 is 0 Å². The summed E-state index contributed by atoms with van der Waals surface area (Å²) in [5.41, 5.74) is 2.32. The second-order valence-electron chi connectivity index (χ2n) is 5.27. The third-order valence-corrected chi connectivity index (χ3v) is 3.54. The minimum atomic E-state index is 0.262. The fraction of sp³-hybridized carbons (Fsp3) is 0.562. The Balaban J connectivity index is 1.65. The molecule has 1 aromatic rings. The van der Waals surface area contributed by atoms with Gasteiger partial charge in [-0.25, -0.2) is 0 Å². The number of hydrogen-bond acceptors (Lipinski definition) is 3. The van der Waals surface area contributed by atoms with Gasteiger partial charge in [0.1, 0.15) is 5.78 Å². The third-order valence-electron chi connectivity index (χ3n) is 3.54. The summed E-state index contributed by atoms with van der Waals surface area (Å²) in [6, 6.07) is 8.16. The van der Waals surface area contributed by atoms with Crippen molar-refractivity contribution in [3.8, 4) is 0 Å². The van der Waals surface area contributed by atoms with Crippen molar-refractivity contribution in [3.05, 3.63) is 35.4 Å². The molecule has 1 heterocycles. The second kappa shape index (κ2) is 7.41. The van der Waals surface area contributed by atoms with E-state index in [9.17, 15) is 4.79 Å². The lowest BCUT2D eigenvalue weighted by Crippen LogP contribution is -2.32. The highest BCUT2D eigenvalue weighted by molar-refractivity contribution is 5.80. The standard InChI is InChI=1S/C16H23NO2/c1-13-2-4-14(5-3-13)12-15(18)8-11-19-16-6-9-17-10-7-16/h2-5,16-17H,6-12H2,1H3. The largest absolute Gasteiger partial charge is 0.378 e. The number of carbonyl (C=O) groups is 1. The zero-order valence-corrected chi connectivity index (χ0v) is 11.7. The minimum absolute atomic E-state index is 0.262. The Morgan fingerprint density at radius 2 is 1.95 bits per heavy atom. The summed E-state index contributed by atoms with van der Waals surface area (Å²) >= 11 is 0. The van der Waals surface area contributed by atoms with Crippen LogP contribution in [0.4, 0.5) is 0 Å². The van der Waals surface area contributed by atoms with Crippen LogP contribution in [0.2, 0.25) is 0 Å². The number of aryl methyl sites for hydroxylation is 1. The number of ether oxygens (including phenoxy) is 1. The van der Waals surface area contributed by atoms with E-state index in [0.29, 0.717) is 25.6 Å². The van der Waals surface area contributed by atoms with E-state index in [1.807, 2.05) is 24.3 Å². The normalized spacial score (nSPS) is 16.5. The summed E-state index contributed by atoms with van der Waals surface area (Å²) in [7, 11) is 0. The Morgan fingerprint density at radius 3 is 2.63 bits per heavy atom. The van der Waals surface area contributed by atoms with Crippen LogP contribution in [0.25, 0.3) is 0 Å². The Morgan fingerprint density at radius 1 is 1.26 bits per heavy atom. The van der Waals surface area contributed by atoms with Crippen LogP contribution in [0.5, 0.6) is 0 Å². The van der Waals surface area contributed by atoms with Gasteiger partial charge in [0.25, 0.3) is 0 Å². The minimum Gasteiger partial charge on any atom is -0.378 e. The SMILES string of the molecule is Cc1ccc(CC(=O)CCOC2CCNCC2)cc1. The van der Waals surface area contributed by atoms with Crippen LogP contribution < -0.4 is 5.32 Å². The molecule has 0 radical (unpaired) electrons. The van der Waals surface area contributed by atoms with Crippen molar-refractivity contribution in [1.82, 2.24) is 5.32 Å². The molecule has 1 aromatic carbocycles. The number of nitrogens with one attached hydrogen (secondary N) is 1. The Kier molecular flexibility index (Phi) is 5.55. The molecule has 1 aliphatic heterocycles. The fourth-order valence-electron chi connectivity index (χ4n) is 2.32. The molecule has 0 amide bonds. The molecule has 0 aromatic heterocycles. The molecule has 104 valence electrons. The molecule has 0 aliphatic carbocycles. The quantitative estimate of drug-likeness (QED) is 0.853.